The lowest BCUT2D eigenvalue weighted by atomic mass is 9.57. The second kappa shape index (κ2) is 9.31. The van der Waals surface area contributed by atoms with Gasteiger partial charge in [0.05, 0.1) is 5.56 Å². The van der Waals surface area contributed by atoms with E-state index in [2.05, 4.69) is 45.7 Å². The van der Waals surface area contributed by atoms with E-state index in [1.807, 2.05) is 12.1 Å². The quantitative estimate of drug-likeness (QED) is 0.412. The average Bonchev–Trinajstić information content (AvgIpc) is 3.84. The van der Waals surface area contributed by atoms with Crippen molar-refractivity contribution in [1.82, 2.24) is 20.4 Å². The van der Waals surface area contributed by atoms with Crippen LogP contribution in [0.5, 0.6) is 0 Å². The Kier molecular flexibility index (Phi) is 5.89. The van der Waals surface area contributed by atoms with Crippen LogP contribution in [0.1, 0.15) is 90.0 Å². The molecule has 1 unspecified atom stereocenters. The van der Waals surface area contributed by atoms with Gasteiger partial charge in [-0.25, -0.2) is 4.79 Å². The number of carboxylic acids is 1. The van der Waals surface area contributed by atoms with E-state index in [0.29, 0.717) is 28.9 Å². The minimum Gasteiger partial charge on any atom is -0.478 e. The van der Waals surface area contributed by atoms with Gasteiger partial charge in [-0.15, -0.1) is 0 Å². The first-order chi connectivity index (χ1) is 18.5. The van der Waals surface area contributed by atoms with Gasteiger partial charge in [0.2, 0.25) is 5.89 Å². The number of hydrogen-bond acceptors (Lipinski definition) is 6. The van der Waals surface area contributed by atoms with E-state index < -0.39 is 5.97 Å². The van der Waals surface area contributed by atoms with E-state index >= 15 is 0 Å². The van der Waals surface area contributed by atoms with Crippen LogP contribution >= 0.6 is 0 Å². The molecule has 0 bridgehead atoms. The molecule has 198 valence electrons. The maximum Gasteiger partial charge on any atom is 0.335 e. The molecule has 0 radical (unpaired) electrons. The van der Waals surface area contributed by atoms with Gasteiger partial charge in [-0.05, 0) is 86.7 Å². The van der Waals surface area contributed by atoms with Gasteiger partial charge in [0, 0.05) is 36.4 Å². The summed E-state index contributed by atoms with van der Waals surface area (Å²) < 4.78 is 5.83. The van der Waals surface area contributed by atoms with Crippen LogP contribution in [0.25, 0.3) is 0 Å². The normalized spacial score (nSPS) is 25.7. The summed E-state index contributed by atoms with van der Waals surface area (Å²) in [4.78, 5) is 18.5. The number of likely N-dealkylation sites (tertiary alicyclic amines) is 1. The molecule has 1 spiro atoms. The third kappa shape index (κ3) is 4.67. The predicted molar refractivity (Wildman–Crippen MR) is 143 cm³/mol. The SMILES string of the molecule is O=C(O)c1ccc(CN2CCC3(CC2)CC(c2nc(C4(CNC5C[C@@H]5c5ccccc5)CC4)no2)C3)cc1. The van der Waals surface area contributed by atoms with Crippen LogP contribution < -0.4 is 5.32 Å². The smallest absolute Gasteiger partial charge is 0.335 e. The van der Waals surface area contributed by atoms with Gasteiger partial charge < -0.3 is 14.9 Å². The van der Waals surface area contributed by atoms with Crippen molar-refractivity contribution in [2.75, 3.05) is 19.6 Å². The van der Waals surface area contributed by atoms with Gasteiger partial charge in [-0.2, -0.15) is 4.98 Å². The molecule has 7 rings (SSSR count). The van der Waals surface area contributed by atoms with Crippen molar-refractivity contribution in [3.05, 3.63) is 83.0 Å². The molecule has 2 aromatic carbocycles. The zero-order chi connectivity index (χ0) is 25.7. The van der Waals surface area contributed by atoms with Crippen molar-refractivity contribution >= 4 is 5.97 Å². The van der Waals surface area contributed by atoms with Gasteiger partial charge in [-0.3, -0.25) is 4.90 Å². The Balaban J connectivity index is 0.883. The molecule has 3 aliphatic carbocycles. The summed E-state index contributed by atoms with van der Waals surface area (Å²) in [6.45, 7) is 4.00. The Morgan fingerprint density at radius 3 is 2.45 bits per heavy atom. The number of nitrogens with zero attached hydrogens (tertiary/aromatic N) is 3. The van der Waals surface area contributed by atoms with Gasteiger partial charge in [0.1, 0.15) is 0 Å². The van der Waals surface area contributed by atoms with Crippen LogP contribution in [0, 0.1) is 5.41 Å². The highest BCUT2D eigenvalue weighted by molar-refractivity contribution is 5.87. The summed E-state index contributed by atoms with van der Waals surface area (Å²) in [5.41, 5.74) is 3.45. The van der Waals surface area contributed by atoms with Gasteiger partial charge >= 0.3 is 5.97 Å². The fraction of sp³-hybridized carbons (Fsp3) is 0.516. The molecule has 3 aromatic rings. The number of aromatic nitrogens is 2. The molecule has 2 heterocycles. The van der Waals surface area contributed by atoms with E-state index in [4.69, 9.17) is 14.6 Å². The highest BCUT2D eigenvalue weighted by atomic mass is 16.5. The van der Waals surface area contributed by atoms with Gasteiger partial charge in [-0.1, -0.05) is 47.6 Å². The number of hydrogen-bond donors (Lipinski definition) is 2. The number of carbonyl (C=O) groups is 1. The number of rotatable bonds is 9. The van der Waals surface area contributed by atoms with E-state index in [-0.39, 0.29) is 5.41 Å². The van der Waals surface area contributed by atoms with Gasteiger partial charge in [0.15, 0.2) is 5.82 Å². The molecule has 4 aliphatic rings. The molecule has 1 aromatic heterocycles. The van der Waals surface area contributed by atoms with Crippen LogP contribution in [-0.2, 0) is 12.0 Å². The summed E-state index contributed by atoms with van der Waals surface area (Å²) in [7, 11) is 0. The zero-order valence-corrected chi connectivity index (χ0v) is 21.8. The zero-order valence-electron chi connectivity index (χ0n) is 21.8. The average molecular weight is 513 g/mol. The molecule has 2 N–H and O–H groups in total. The second-order valence-electron chi connectivity index (χ2n) is 12.4. The maximum absolute atomic E-state index is 11.1. The van der Waals surface area contributed by atoms with Crippen molar-refractivity contribution in [1.29, 1.82) is 0 Å². The van der Waals surface area contributed by atoms with E-state index in [1.54, 1.807) is 12.1 Å². The summed E-state index contributed by atoms with van der Waals surface area (Å²) in [5.74, 6) is 1.94. The summed E-state index contributed by atoms with van der Waals surface area (Å²) in [6, 6.07) is 18.7. The third-order valence-electron chi connectivity index (χ3n) is 9.72. The molecular weight excluding hydrogens is 476 g/mol. The largest absolute Gasteiger partial charge is 0.478 e. The first-order valence-electron chi connectivity index (χ1n) is 14.2. The Bertz CT molecular complexity index is 1280. The molecule has 38 heavy (non-hydrogen) atoms. The maximum atomic E-state index is 11.1. The standard InChI is InChI=1S/C31H36N4O3/c36-28(37)23-8-6-21(7-9-23)19-35-14-12-30(13-15-35)17-24(18-30)27-33-29(34-38-27)31(10-11-31)20-32-26-16-25(26)22-4-2-1-3-5-22/h1-9,24-26,32H,10-20H2,(H,36,37)/t25-,26?/m1/s1. The lowest BCUT2D eigenvalue weighted by Crippen LogP contribution is -2.46. The summed E-state index contributed by atoms with van der Waals surface area (Å²) >= 11 is 0. The summed E-state index contributed by atoms with van der Waals surface area (Å²) in [5, 5.41) is 17.4. The van der Waals surface area contributed by atoms with Crippen LogP contribution in [0.2, 0.25) is 0 Å². The van der Waals surface area contributed by atoms with E-state index in [0.717, 1.165) is 63.6 Å². The molecule has 1 saturated heterocycles. The molecule has 3 saturated carbocycles. The number of piperidine rings is 1. The highest BCUT2D eigenvalue weighted by Crippen LogP contribution is 2.57. The predicted octanol–water partition coefficient (Wildman–Crippen LogP) is 5.10. The molecule has 7 nitrogen and oxygen atoms in total. The molecule has 4 fully saturated rings. The Morgan fingerprint density at radius 2 is 1.76 bits per heavy atom. The minimum absolute atomic E-state index is 0.0705. The van der Waals surface area contributed by atoms with Crippen molar-refractivity contribution in [2.45, 2.75) is 74.8 Å². The fourth-order valence-corrected chi connectivity index (χ4v) is 6.83. The molecule has 2 atom stereocenters. The van der Waals surface area contributed by atoms with Crippen molar-refractivity contribution in [3.8, 4) is 0 Å². The third-order valence-corrected chi connectivity index (χ3v) is 9.72. The summed E-state index contributed by atoms with van der Waals surface area (Å²) in [6.07, 6.45) is 8.22. The molecule has 1 aliphatic heterocycles. The monoisotopic (exact) mass is 512 g/mol. The molecule has 7 heteroatoms. The fourth-order valence-electron chi connectivity index (χ4n) is 6.83. The first kappa shape index (κ1) is 24.0. The van der Waals surface area contributed by atoms with Crippen molar-refractivity contribution < 1.29 is 14.4 Å². The topological polar surface area (TPSA) is 91.5 Å². The Morgan fingerprint density at radius 1 is 1.03 bits per heavy atom. The van der Waals surface area contributed by atoms with E-state index in [1.165, 1.54) is 30.4 Å². The number of benzene rings is 2. The molecular formula is C31H36N4O3. The van der Waals surface area contributed by atoms with E-state index in [9.17, 15) is 4.79 Å². The number of carboxylic acid groups (broad SMARTS) is 1. The van der Waals surface area contributed by atoms with Crippen molar-refractivity contribution in [2.24, 2.45) is 5.41 Å². The Labute approximate surface area is 223 Å². The lowest BCUT2D eigenvalue weighted by molar-refractivity contribution is 0.00406. The molecule has 0 amide bonds. The van der Waals surface area contributed by atoms with Crippen LogP contribution in [-0.4, -0.2) is 51.8 Å². The minimum atomic E-state index is -0.872. The number of aromatic carboxylic acids is 1. The van der Waals surface area contributed by atoms with Crippen molar-refractivity contribution in [3.63, 3.8) is 0 Å². The number of nitrogens with one attached hydrogen (secondary N) is 1. The second-order valence-corrected chi connectivity index (χ2v) is 12.4. The van der Waals surface area contributed by atoms with Gasteiger partial charge in [0.25, 0.3) is 0 Å². The highest BCUT2D eigenvalue weighted by Gasteiger charge is 2.52. The van der Waals surface area contributed by atoms with Crippen LogP contribution in [0.4, 0.5) is 0 Å². The first-order valence-corrected chi connectivity index (χ1v) is 14.2. The van der Waals surface area contributed by atoms with Crippen LogP contribution in [0.3, 0.4) is 0 Å². The lowest BCUT2D eigenvalue weighted by Gasteiger charge is -2.51. The Hall–Kier alpha value is -3.03. The van der Waals surface area contributed by atoms with Crippen LogP contribution in [0.15, 0.2) is 59.1 Å².